The highest BCUT2D eigenvalue weighted by molar-refractivity contribution is 6.18. The first-order valence-corrected chi connectivity index (χ1v) is 9.83. The van der Waals surface area contributed by atoms with Crippen LogP contribution in [0.4, 0.5) is 0 Å². The van der Waals surface area contributed by atoms with Gasteiger partial charge in [0.25, 0.3) is 0 Å². The molecular formula is C26H22O. The molecule has 0 amide bonds. The minimum atomic E-state index is 0.279. The first kappa shape index (κ1) is 16.3. The van der Waals surface area contributed by atoms with Gasteiger partial charge in [-0.15, -0.1) is 0 Å². The first-order valence-electron chi connectivity index (χ1n) is 9.83. The Balaban J connectivity index is 1.65. The Morgan fingerprint density at radius 2 is 1.07 bits per heavy atom. The number of Topliss-reactive ketones (excluding diaryl/α,β-unsaturated/α-hetero) is 1. The molecule has 3 aliphatic rings. The third-order valence-electron chi connectivity index (χ3n) is 5.94. The molecule has 0 atom stereocenters. The molecule has 0 aliphatic heterocycles. The van der Waals surface area contributed by atoms with Crippen molar-refractivity contribution in [2.24, 2.45) is 0 Å². The summed E-state index contributed by atoms with van der Waals surface area (Å²) in [4.78, 5) is 13.6. The summed E-state index contributed by atoms with van der Waals surface area (Å²) in [6, 6.07) is 16.9. The third-order valence-corrected chi connectivity index (χ3v) is 5.94. The van der Waals surface area contributed by atoms with Crippen molar-refractivity contribution in [2.45, 2.75) is 32.1 Å². The molecule has 0 radical (unpaired) electrons. The molecule has 1 heteroatoms. The number of rotatable bonds is 0. The van der Waals surface area contributed by atoms with E-state index in [1.165, 1.54) is 33.4 Å². The molecule has 2 aromatic rings. The molecule has 1 nitrogen and oxygen atoms in total. The van der Waals surface area contributed by atoms with Crippen LogP contribution in [-0.2, 0) is 4.79 Å². The molecule has 0 saturated heterocycles. The summed E-state index contributed by atoms with van der Waals surface area (Å²) in [5.41, 5.74) is 9.46. The SMILES string of the molecule is O=C1C(=C2CC=Cc3ccccc32)CCCC1=C1CC=Cc2ccccc21. The van der Waals surface area contributed by atoms with Crippen LogP contribution in [0.1, 0.15) is 54.4 Å². The summed E-state index contributed by atoms with van der Waals surface area (Å²) in [7, 11) is 0. The summed E-state index contributed by atoms with van der Waals surface area (Å²) in [6.07, 6.45) is 13.3. The van der Waals surface area contributed by atoms with Crippen LogP contribution in [0.25, 0.3) is 23.3 Å². The molecular weight excluding hydrogens is 328 g/mol. The number of benzene rings is 2. The van der Waals surface area contributed by atoms with E-state index in [1.807, 2.05) is 0 Å². The zero-order valence-electron chi connectivity index (χ0n) is 15.4. The molecule has 0 aromatic heterocycles. The molecule has 1 fully saturated rings. The third kappa shape index (κ3) is 2.75. The molecule has 5 rings (SSSR count). The van der Waals surface area contributed by atoms with Gasteiger partial charge < -0.3 is 0 Å². The van der Waals surface area contributed by atoms with E-state index in [4.69, 9.17) is 0 Å². The molecule has 2 aromatic carbocycles. The number of hydrogen-bond donors (Lipinski definition) is 0. The summed E-state index contributed by atoms with van der Waals surface area (Å²) >= 11 is 0. The smallest absolute Gasteiger partial charge is 0.185 e. The van der Waals surface area contributed by atoms with Gasteiger partial charge in [0.1, 0.15) is 0 Å². The van der Waals surface area contributed by atoms with Crippen molar-refractivity contribution in [3.8, 4) is 0 Å². The number of hydrogen-bond acceptors (Lipinski definition) is 1. The van der Waals surface area contributed by atoms with E-state index in [2.05, 4.69) is 72.8 Å². The van der Waals surface area contributed by atoms with Gasteiger partial charge in [-0.2, -0.15) is 0 Å². The largest absolute Gasteiger partial charge is 0.289 e. The van der Waals surface area contributed by atoms with Crippen LogP contribution >= 0.6 is 0 Å². The summed E-state index contributed by atoms with van der Waals surface area (Å²) in [6.45, 7) is 0. The van der Waals surface area contributed by atoms with Crippen molar-refractivity contribution in [1.29, 1.82) is 0 Å². The Hall–Kier alpha value is -2.93. The van der Waals surface area contributed by atoms with Crippen molar-refractivity contribution in [1.82, 2.24) is 0 Å². The maximum Gasteiger partial charge on any atom is 0.185 e. The van der Waals surface area contributed by atoms with E-state index in [0.29, 0.717) is 0 Å². The van der Waals surface area contributed by atoms with Crippen LogP contribution in [0.2, 0.25) is 0 Å². The van der Waals surface area contributed by atoms with Crippen LogP contribution < -0.4 is 0 Å². The van der Waals surface area contributed by atoms with Gasteiger partial charge in [-0.1, -0.05) is 72.8 Å². The van der Waals surface area contributed by atoms with Crippen LogP contribution in [0.5, 0.6) is 0 Å². The lowest BCUT2D eigenvalue weighted by molar-refractivity contribution is -0.112. The standard InChI is InChI=1S/C26H22O/c27-26-24(22-14-5-10-18-8-1-3-12-20(18)22)16-7-17-25(26)23-15-6-11-19-9-2-4-13-21(19)23/h1-6,8-13H,7,14-17H2. The van der Waals surface area contributed by atoms with E-state index in [-0.39, 0.29) is 5.78 Å². The molecule has 1 saturated carbocycles. The maximum atomic E-state index is 13.6. The second-order valence-corrected chi connectivity index (χ2v) is 7.48. The van der Waals surface area contributed by atoms with Crippen molar-refractivity contribution >= 4 is 29.1 Å². The number of fused-ring (bicyclic) bond motifs is 2. The fraction of sp³-hybridized carbons (Fsp3) is 0.192. The van der Waals surface area contributed by atoms with Gasteiger partial charge in [-0.05, 0) is 65.5 Å². The molecule has 0 heterocycles. The van der Waals surface area contributed by atoms with Crippen LogP contribution in [-0.4, -0.2) is 5.78 Å². The monoisotopic (exact) mass is 350 g/mol. The van der Waals surface area contributed by atoms with E-state index in [1.54, 1.807) is 0 Å². The lowest BCUT2D eigenvalue weighted by Gasteiger charge is -2.26. The normalized spacial score (nSPS) is 23.9. The molecule has 132 valence electrons. The fourth-order valence-electron chi connectivity index (χ4n) is 4.66. The van der Waals surface area contributed by atoms with E-state index >= 15 is 0 Å². The highest BCUT2D eigenvalue weighted by Crippen LogP contribution is 2.41. The Bertz CT molecular complexity index is 976. The zero-order chi connectivity index (χ0) is 18.2. The topological polar surface area (TPSA) is 17.1 Å². The minimum Gasteiger partial charge on any atom is -0.289 e. The molecule has 27 heavy (non-hydrogen) atoms. The highest BCUT2D eigenvalue weighted by atomic mass is 16.1. The highest BCUT2D eigenvalue weighted by Gasteiger charge is 2.28. The maximum absolute atomic E-state index is 13.6. The Labute approximate surface area is 160 Å². The van der Waals surface area contributed by atoms with Crippen molar-refractivity contribution < 1.29 is 4.79 Å². The van der Waals surface area contributed by atoms with Crippen LogP contribution in [0, 0.1) is 0 Å². The molecule has 3 aliphatic carbocycles. The van der Waals surface area contributed by atoms with Gasteiger partial charge in [0.15, 0.2) is 5.78 Å². The number of carbonyl (C=O) groups excluding carboxylic acids is 1. The molecule has 0 unspecified atom stereocenters. The number of carbonyl (C=O) groups is 1. The van der Waals surface area contributed by atoms with Gasteiger partial charge in [0, 0.05) is 11.1 Å². The minimum absolute atomic E-state index is 0.279. The molecule has 0 N–H and O–H groups in total. The Morgan fingerprint density at radius 1 is 0.593 bits per heavy atom. The zero-order valence-corrected chi connectivity index (χ0v) is 15.4. The van der Waals surface area contributed by atoms with Gasteiger partial charge in [0.2, 0.25) is 0 Å². The van der Waals surface area contributed by atoms with Crippen molar-refractivity contribution in [2.75, 3.05) is 0 Å². The van der Waals surface area contributed by atoms with E-state index < -0.39 is 0 Å². The lowest BCUT2D eigenvalue weighted by atomic mass is 9.77. The van der Waals surface area contributed by atoms with Crippen molar-refractivity contribution in [3.63, 3.8) is 0 Å². The van der Waals surface area contributed by atoms with Gasteiger partial charge in [-0.3, -0.25) is 4.79 Å². The number of allylic oxidation sites excluding steroid dienone is 6. The lowest BCUT2D eigenvalue weighted by Crippen LogP contribution is -2.17. The number of ketones is 1. The Kier molecular flexibility index (Phi) is 4.01. The predicted octanol–water partition coefficient (Wildman–Crippen LogP) is 6.48. The average molecular weight is 350 g/mol. The Morgan fingerprint density at radius 3 is 1.59 bits per heavy atom. The first-order chi connectivity index (χ1) is 13.3. The summed E-state index contributed by atoms with van der Waals surface area (Å²) in [5.74, 6) is 0.279. The molecule has 0 bridgehead atoms. The van der Waals surface area contributed by atoms with Gasteiger partial charge in [-0.25, -0.2) is 0 Å². The van der Waals surface area contributed by atoms with E-state index in [0.717, 1.165) is 43.3 Å². The van der Waals surface area contributed by atoms with Gasteiger partial charge in [0.05, 0.1) is 0 Å². The van der Waals surface area contributed by atoms with E-state index in [9.17, 15) is 4.79 Å². The van der Waals surface area contributed by atoms with Gasteiger partial charge >= 0.3 is 0 Å². The second kappa shape index (κ2) is 6.66. The fourth-order valence-corrected chi connectivity index (χ4v) is 4.66. The van der Waals surface area contributed by atoms with Crippen LogP contribution in [0.15, 0.2) is 71.8 Å². The second-order valence-electron chi connectivity index (χ2n) is 7.48. The molecule has 0 spiro atoms. The predicted molar refractivity (Wildman–Crippen MR) is 113 cm³/mol. The van der Waals surface area contributed by atoms with Crippen molar-refractivity contribution in [3.05, 3.63) is 94.1 Å². The average Bonchev–Trinajstić information content (AvgIpc) is 2.73. The summed E-state index contributed by atoms with van der Waals surface area (Å²) < 4.78 is 0. The summed E-state index contributed by atoms with van der Waals surface area (Å²) in [5, 5.41) is 0. The van der Waals surface area contributed by atoms with Crippen LogP contribution in [0.3, 0.4) is 0 Å². The quantitative estimate of drug-likeness (QED) is 0.497.